The van der Waals surface area contributed by atoms with E-state index in [9.17, 15) is 20.0 Å². The molecule has 0 amide bonds. The van der Waals surface area contributed by atoms with Crippen molar-refractivity contribution >= 4 is 5.78 Å². The fourth-order valence-corrected chi connectivity index (χ4v) is 2.78. The van der Waals surface area contributed by atoms with Gasteiger partial charge in [0.05, 0.1) is 12.2 Å². The number of carbonyl (C=O) groups is 1. The van der Waals surface area contributed by atoms with Crippen molar-refractivity contribution in [1.29, 1.82) is 5.26 Å². The molecule has 0 bridgehead atoms. The average Bonchev–Trinajstić information content (AvgIpc) is 2.62. The molecule has 2 aromatic rings. The van der Waals surface area contributed by atoms with Crippen molar-refractivity contribution in [3.63, 3.8) is 0 Å². The van der Waals surface area contributed by atoms with Gasteiger partial charge in [0, 0.05) is 12.1 Å². The van der Waals surface area contributed by atoms with Crippen molar-refractivity contribution in [2.75, 3.05) is 6.61 Å². The lowest BCUT2D eigenvalue weighted by Crippen LogP contribution is -2.26. The summed E-state index contributed by atoms with van der Waals surface area (Å²) in [7, 11) is 0. The minimum atomic E-state index is -0.574. The van der Waals surface area contributed by atoms with Gasteiger partial charge in [-0.3, -0.25) is 14.2 Å². The van der Waals surface area contributed by atoms with Gasteiger partial charge in [0.15, 0.2) is 5.78 Å². The molecule has 1 N–H and O–H groups in total. The standard InChI is InChI=1S/C20H22N2O4/c1-4-6-10-22-19(24)16(12-21)13(3)17(20(22)25)18(23)14-8-7-9-15(11-14)26-5-2/h7-9,11,25H,4-6,10H2,1-3H3. The maximum Gasteiger partial charge on any atom is 0.271 e. The number of hydrogen-bond donors (Lipinski definition) is 1. The molecular formula is C20H22N2O4. The number of benzene rings is 1. The maximum atomic E-state index is 13.0. The topological polar surface area (TPSA) is 92.3 Å². The largest absolute Gasteiger partial charge is 0.494 e. The molecule has 0 saturated heterocycles. The summed E-state index contributed by atoms with van der Waals surface area (Å²) in [4.78, 5) is 25.5. The van der Waals surface area contributed by atoms with Crippen LogP contribution in [0.4, 0.5) is 0 Å². The third-order valence-electron chi connectivity index (χ3n) is 4.17. The zero-order chi connectivity index (χ0) is 19.3. The Bertz CT molecular complexity index is 923. The van der Waals surface area contributed by atoms with Gasteiger partial charge in [0.1, 0.15) is 17.4 Å². The minimum absolute atomic E-state index is 0.0223. The van der Waals surface area contributed by atoms with Crippen LogP contribution >= 0.6 is 0 Å². The maximum absolute atomic E-state index is 13.0. The number of aromatic hydroxyl groups is 1. The summed E-state index contributed by atoms with van der Waals surface area (Å²) < 4.78 is 6.52. The first-order chi connectivity index (χ1) is 12.5. The Morgan fingerprint density at radius 3 is 2.69 bits per heavy atom. The number of ether oxygens (including phenoxy) is 1. The number of nitrogens with zero attached hydrogens (tertiary/aromatic N) is 2. The summed E-state index contributed by atoms with van der Waals surface area (Å²) in [5.74, 6) is -0.314. The van der Waals surface area contributed by atoms with Crippen molar-refractivity contribution < 1.29 is 14.6 Å². The van der Waals surface area contributed by atoms with Crippen LogP contribution in [-0.4, -0.2) is 22.1 Å². The van der Waals surface area contributed by atoms with Crippen LogP contribution in [0.1, 0.15) is 53.7 Å². The lowest BCUT2D eigenvalue weighted by molar-refractivity contribution is 0.103. The Morgan fingerprint density at radius 1 is 1.35 bits per heavy atom. The highest BCUT2D eigenvalue weighted by Gasteiger charge is 2.24. The van der Waals surface area contributed by atoms with Crippen molar-refractivity contribution in [1.82, 2.24) is 4.57 Å². The van der Waals surface area contributed by atoms with Crippen LogP contribution in [0, 0.1) is 18.3 Å². The highest BCUT2D eigenvalue weighted by Crippen LogP contribution is 2.26. The zero-order valence-electron chi connectivity index (χ0n) is 15.2. The first-order valence-electron chi connectivity index (χ1n) is 8.60. The SMILES string of the molecule is CCCCn1c(O)c(C(=O)c2cccc(OCC)c2)c(C)c(C#N)c1=O. The van der Waals surface area contributed by atoms with Crippen molar-refractivity contribution in [3.05, 3.63) is 56.9 Å². The van der Waals surface area contributed by atoms with Crippen molar-refractivity contribution in [2.45, 2.75) is 40.2 Å². The number of carbonyl (C=O) groups excluding carboxylic acids is 1. The van der Waals surface area contributed by atoms with Crippen LogP contribution in [0.3, 0.4) is 0 Å². The van der Waals surface area contributed by atoms with Gasteiger partial charge in [-0.1, -0.05) is 25.5 Å². The molecule has 0 aliphatic heterocycles. The third kappa shape index (κ3) is 3.62. The van der Waals surface area contributed by atoms with E-state index in [0.29, 0.717) is 24.3 Å². The number of aromatic nitrogens is 1. The molecule has 0 spiro atoms. The van der Waals surface area contributed by atoms with Crippen LogP contribution in [0.25, 0.3) is 0 Å². The molecule has 6 heteroatoms. The second-order valence-corrected chi connectivity index (χ2v) is 5.91. The molecule has 0 radical (unpaired) electrons. The first kappa shape index (κ1) is 19.3. The van der Waals surface area contributed by atoms with E-state index in [-0.39, 0.29) is 23.2 Å². The van der Waals surface area contributed by atoms with E-state index in [1.165, 1.54) is 6.92 Å². The van der Waals surface area contributed by atoms with Crippen LogP contribution in [-0.2, 0) is 6.54 Å². The predicted octanol–water partition coefficient (Wildman–Crippen LogP) is 3.16. The van der Waals surface area contributed by atoms with Gasteiger partial charge in [-0.05, 0) is 38.0 Å². The summed E-state index contributed by atoms with van der Waals surface area (Å²) in [5.41, 5.74) is -0.210. The molecule has 0 saturated carbocycles. The van der Waals surface area contributed by atoms with Crippen LogP contribution in [0.5, 0.6) is 11.6 Å². The fraction of sp³-hybridized carbons (Fsp3) is 0.350. The Morgan fingerprint density at radius 2 is 2.08 bits per heavy atom. The van der Waals surface area contributed by atoms with Gasteiger partial charge in [-0.25, -0.2) is 0 Å². The summed E-state index contributed by atoms with van der Waals surface area (Å²) in [6.45, 7) is 6.00. The monoisotopic (exact) mass is 354 g/mol. The van der Waals surface area contributed by atoms with Gasteiger partial charge in [-0.2, -0.15) is 5.26 Å². The number of nitriles is 1. The minimum Gasteiger partial charge on any atom is -0.494 e. The van der Waals surface area contributed by atoms with Crippen LogP contribution in [0.2, 0.25) is 0 Å². The number of unbranched alkanes of at least 4 members (excludes halogenated alkanes) is 1. The van der Waals surface area contributed by atoms with Gasteiger partial charge in [-0.15, -0.1) is 0 Å². The first-order valence-corrected chi connectivity index (χ1v) is 8.60. The Labute approximate surface area is 152 Å². The van der Waals surface area contributed by atoms with Gasteiger partial charge < -0.3 is 9.84 Å². The molecule has 26 heavy (non-hydrogen) atoms. The summed E-state index contributed by atoms with van der Waals surface area (Å²) in [5, 5.41) is 20.0. The van der Waals surface area contributed by atoms with Gasteiger partial charge in [0.2, 0.25) is 5.88 Å². The summed E-state index contributed by atoms with van der Waals surface area (Å²) in [6.07, 6.45) is 1.45. The highest BCUT2D eigenvalue weighted by atomic mass is 16.5. The molecular weight excluding hydrogens is 332 g/mol. The van der Waals surface area contributed by atoms with Gasteiger partial charge in [0.25, 0.3) is 5.56 Å². The van der Waals surface area contributed by atoms with E-state index < -0.39 is 17.2 Å². The lowest BCUT2D eigenvalue weighted by atomic mass is 9.97. The van der Waals surface area contributed by atoms with Gasteiger partial charge >= 0.3 is 0 Å². The molecule has 1 aromatic heterocycles. The molecule has 0 unspecified atom stereocenters. The number of pyridine rings is 1. The summed E-state index contributed by atoms with van der Waals surface area (Å²) in [6, 6.07) is 8.47. The van der Waals surface area contributed by atoms with Crippen molar-refractivity contribution in [2.24, 2.45) is 0 Å². The number of hydrogen-bond acceptors (Lipinski definition) is 5. The van der Waals surface area contributed by atoms with E-state index in [0.717, 1.165) is 11.0 Å². The highest BCUT2D eigenvalue weighted by molar-refractivity contribution is 6.11. The normalized spacial score (nSPS) is 10.4. The van der Waals surface area contributed by atoms with Crippen LogP contribution < -0.4 is 10.3 Å². The molecule has 0 aliphatic rings. The molecule has 0 atom stereocenters. The van der Waals surface area contributed by atoms with Crippen LogP contribution in [0.15, 0.2) is 29.1 Å². The summed E-state index contributed by atoms with van der Waals surface area (Å²) >= 11 is 0. The predicted molar refractivity (Wildman–Crippen MR) is 97.8 cm³/mol. The van der Waals surface area contributed by atoms with E-state index in [4.69, 9.17) is 4.74 Å². The Kier molecular flexibility index (Phi) is 6.18. The second-order valence-electron chi connectivity index (χ2n) is 5.91. The van der Waals surface area contributed by atoms with E-state index in [1.54, 1.807) is 24.3 Å². The average molecular weight is 354 g/mol. The van der Waals surface area contributed by atoms with Crippen molar-refractivity contribution in [3.8, 4) is 17.7 Å². The Hall–Kier alpha value is -3.07. The number of rotatable bonds is 7. The van der Waals surface area contributed by atoms with E-state index in [1.807, 2.05) is 19.9 Å². The molecule has 136 valence electrons. The van der Waals surface area contributed by atoms with E-state index >= 15 is 0 Å². The smallest absolute Gasteiger partial charge is 0.271 e. The molecule has 0 fully saturated rings. The third-order valence-corrected chi connectivity index (χ3v) is 4.17. The number of ketones is 1. The fourth-order valence-electron chi connectivity index (χ4n) is 2.78. The second kappa shape index (κ2) is 8.34. The quantitative estimate of drug-likeness (QED) is 0.771. The molecule has 0 aliphatic carbocycles. The molecule has 1 aromatic carbocycles. The molecule has 6 nitrogen and oxygen atoms in total. The zero-order valence-corrected chi connectivity index (χ0v) is 15.2. The lowest BCUT2D eigenvalue weighted by Gasteiger charge is -2.15. The van der Waals surface area contributed by atoms with E-state index in [2.05, 4.69) is 0 Å². The molecule has 2 rings (SSSR count). The Balaban J connectivity index is 2.65. The molecule has 1 heterocycles.